The lowest BCUT2D eigenvalue weighted by atomic mass is 10.0. The fourth-order valence-electron chi connectivity index (χ4n) is 2.97. The summed E-state index contributed by atoms with van der Waals surface area (Å²) in [5.41, 5.74) is 4.58. The van der Waals surface area contributed by atoms with Gasteiger partial charge in [0.1, 0.15) is 0 Å². The minimum atomic E-state index is -1.00. The number of carboxylic acid groups (broad SMARTS) is 1. The van der Waals surface area contributed by atoms with E-state index in [1.807, 2.05) is 37.3 Å². The van der Waals surface area contributed by atoms with Crippen molar-refractivity contribution in [3.05, 3.63) is 81.3 Å². The topological polar surface area (TPSA) is 87.5 Å². The maximum Gasteiger partial charge on any atom is 0.335 e. The number of aromatic amines is 1. The largest absolute Gasteiger partial charge is 0.478 e. The summed E-state index contributed by atoms with van der Waals surface area (Å²) in [7, 11) is 0. The van der Waals surface area contributed by atoms with Gasteiger partial charge in [0.2, 0.25) is 0 Å². The molecule has 0 saturated heterocycles. The van der Waals surface area contributed by atoms with E-state index >= 15 is 0 Å². The van der Waals surface area contributed by atoms with Crippen LogP contribution in [-0.4, -0.2) is 27.1 Å². The Kier molecular flexibility index (Phi) is 3.65. The highest BCUT2D eigenvalue weighted by Gasteiger charge is 2.15. The number of carboxylic acids is 1. The molecule has 0 saturated carbocycles. The molecule has 2 heterocycles. The summed E-state index contributed by atoms with van der Waals surface area (Å²) in [5, 5.41) is 12.0. The molecule has 0 bridgehead atoms. The highest BCUT2D eigenvalue weighted by molar-refractivity contribution is 6.21. The number of hydrogen-bond donors (Lipinski definition) is 2. The molecule has 0 atom stereocenters. The van der Waals surface area contributed by atoms with E-state index in [0.717, 1.165) is 22.5 Å². The van der Waals surface area contributed by atoms with Crippen LogP contribution in [0.5, 0.6) is 0 Å². The number of aromatic carboxylic acids is 1. The average molecular weight is 345 g/mol. The third kappa shape index (κ3) is 2.57. The minimum Gasteiger partial charge on any atom is -0.478 e. The Morgan fingerprint density at radius 2 is 1.88 bits per heavy atom. The molecule has 1 aromatic heterocycles. The van der Waals surface area contributed by atoms with Gasteiger partial charge in [-0.1, -0.05) is 18.2 Å². The van der Waals surface area contributed by atoms with Crippen LogP contribution in [0, 0.1) is 6.92 Å². The van der Waals surface area contributed by atoms with Crippen LogP contribution >= 0.6 is 0 Å². The van der Waals surface area contributed by atoms with Crippen LogP contribution in [0.2, 0.25) is 0 Å². The summed E-state index contributed by atoms with van der Waals surface area (Å²) in [5.74, 6) is -1.00. The van der Waals surface area contributed by atoms with Crippen molar-refractivity contribution < 1.29 is 9.90 Å². The molecule has 2 aromatic carbocycles. The number of carbonyl (C=O) groups is 1. The summed E-state index contributed by atoms with van der Waals surface area (Å²) >= 11 is 0. The fraction of sp³-hybridized carbons (Fsp3) is 0.0500. The number of H-pyrrole nitrogens is 1. The van der Waals surface area contributed by atoms with E-state index in [1.165, 1.54) is 16.8 Å². The molecule has 128 valence electrons. The molecule has 0 aliphatic carbocycles. The molecule has 0 amide bonds. The van der Waals surface area contributed by atoms with Crippen molar-refractivity contribution in [2.24, 2.45) is 4.99 Å². The van der Waals surface area contributed by atoms with E-state index in [2.05, 4.69) is 10.1 Å². The monoisotopic (exact) mass is 345 g/mol. The van der Waals surface area contributed by atoms with Gasteiger partial charge in [-0.2, -0.15) is 0 Å². The van der Waals surface area contributed by atoms with Gasteiger partial charge in [0, 0.05) is 23.0 Å². The van der Waals surface area contributed by atoms with E-state index < -0.39 is 5.97 Å². The number of para-hydroxylation sites is 1. The van der Waals surface area contributed by atoms with Gasteiger partial charge in [-0.25, -0.2) is 9.48 Å². The lowest BCUT2D eigenvalue weighted by molar-refractivity contribution is 0.0697. The van der Waals surface area contributed by atoms with Crippen LogP contribution in [0.15, 0.2) is 58.3 Å². The molecule has 1 aliphatic heterocycles. The summed E-state index contributed by atoms with van der Waals surface area (Å²) in [4.78, 5) is 28.2. The number of aromatic nitrogens is 2. The average Bonchev–Trinajstić information content (AvgIpc) is 3.18. The zero-order valence-corrected chi connectivity index (χ0v) is 13.9. The van der Waals surface area contributed by atoms with Gasteiger partial charge in [0.25, 0.3) is 5.56 Å². The maximum atomic E-state index is 12.8. The third-order valence-electron chi connectivity index (χ3n) is 4.35. The highest BCUT2D eigenvalue weighted by Crippen LogP contribution is 2.32. The van der Waals surface area contributed by atoms with E-state index in [1.54, 1.807) is 18.3 Å². The number of nitrogens with zero attached hydrogens (tertiary/aromatic N) is 2. The molecular formula is C20H15N3O3. The van der Waals surface area contributed by atoms with Crippen LogP contribution in [0.4, 0.5) is 5.69 Å². The first kappa shape index (κ1) is 15.8. The molecule has 0 fully saturated rings. The van der Waals surface area contributed by atoms with E-state index in [9.17, 15) is 9.59 Å². The SMILES string of the molecule is Cc1[nH]n(-c2ccc(C(=O)O)cc2)c(=O)c1C=C1C=Nc2ccccc21. The number of aliphatic imine (C=N–C) groups is 1. The molecule has 2 N–H and O–H groups in total. The molecular weight excluding hydrogens is 330 g/mol. The Labute approximate surface area is 148 Å². The lowest BCUT2D eigenvalue weighted by Gasteiger charge is -2.01. The fourth-order valence-corrected chi connectivity index (χ4v) is 2.97. The number of nitrogens with one attached hydrogen (secondary N) is 1. The Morgan fingerprint density at radius 1 is 1.15 bits per heavy atom. The number of hydrogen-bond acceptors (Lipinski definition) is 3. The first-order valence-corrected chi connectivity index (χ1v) is 8.05. The van der Waals surface area contributed by atoms with Crippen molar-refractivity contribution >= 4 is 29.5 Å². The van der Waals surface area contributed by atoms with Gasteiger partial charge in [-0.05, 0) is 43.3 Å². The van der Waals surface area contributed by atoms with E-state index in [4.69, 9.17) is 5.11 Å². The number of benzene rings is 2. The van der Waals surface area contributed by atoms with Crippen molar-refractivity contribution in [2.75, 3.05) is 0 Å². The van der Waals surface area contributed by atoms with Crippen LogP contribution in [0.3, 0.4) is 0 Å². The molecule has 0 spiro atoms. The van der Waals surface area contributed by atoms with Gasteiger partial charge < -0.3 is 5.11 Å². The smallest absolute Gasteiger partial charge is 0.335 e. The van der Waals surface area contributed by atoms with Gasteiger partial charge in [0.15, 0.2) is 0 Å². The van der Waals surface area contributed by atoms with Gasteiger partial charge in [-0.3, -0.25) is 14.9 Å². The van der Waals surface area contributed by atoms with Gasteiger partial charge >= 0.3 is 5.97 Å². The van der Waals surface area contributed by atoms with Crippen molar-refractivity contribution in [1.82, 2.24) is 9.78 Å². The van der Waals surface area contributed by atoms with Crippen molar-refractivity contribution in [3.8, 4) is 5.69 Å². The molecule has 0 unspecified atom stereocenters. The number of allylic oxidation sites excluding steroid dienone is 1. The first-order valence-electron chi connectivity index (χ1n) is 8.05. The van der Waals surface area contributed by atoms with Crippen molar-refractivity contribution in [1.29, 1.82) is 0 Å². The van der Waals surface area contributed by atoms with Crippen LogP contribution in [0.1, 0.15) is 27.2 Å². The van der Waals surface area contributed by atoms with Gasteiger partial charge in [0.05, 0.1) is 22.5 Å². The zero-order chi connectivity index (χ0) is 18.3. The molecule has 26 heavy (non-hydrogen) atoms. The Bertz CT molecular complexity index is 1130. The lowest BCUT2D eigenvalue weighted by Crippen LogP contribution is -2.16. The zero-order valence-electron chi connectivity index (χ0n) is 13.9. The minimum absolute atomic E-state index is 0.172. The molecule has 6 nitrogen and oxygen atoms in total. The summed E-state index contributed by atoms with van der Waals surface area (Å²) < 4.78 is 1.41. The molecule has 0 radical (unpaired) electrons. The van der Waals surface area contributed by atoms with Crippen molar-refractivity contribution in [3.63, 3.8) is 0 Å². The van der Waals surface area contributed by atoms with Crippen LogP contribution < -0.4 is 5.56 Å². The number of aryl methyl sites for hydroxylation is 1. The first-order chi connectivity index (χ1) is 12.5. The Balaban J connectivity index is 1.77. The quantitative estimate of drug-likeness (QED) is 0.762. The second-order valence-corrected chi connectivity index (χ2v) is 6.02. The maximum absolute atomic E-state index is 12.8. The predicted molar refractivity (Wildman–Crippen MR) is 101 cm³/mol. The highest BCUT2D eigenvalue weighted by atomic mass is 16.4. The molecule has 4 rings (SSSR count). The van der Waals surface area contributed by atoms with Crippen molar-refractivity contribution in [2.45, 2.75) is 6.92 Å². The number of fused-ring (bicyclic) bond motifs is 1. The third-order valence-corrected chi connectivity index (χ3v) is 4.35. The van der Waals surface area contributed by atoms with E-state index in [0.29, 0.717) is 11.3 Å². The van der Waals surface area contributed by atoms with Gasteiger partial charge in [-0.15, -0.1) is 0 Å². The molecule has 3 aromatic rings. The van der Waals surface area contributed by atoms with Crippen LogP contribution in [-0.2, 0) is 0 Å². The summed E-state index contributed by atoms with van der Waals surface area (Å²) in [6.45, 7) is 1.83. The second-order valence-electron chi connectivity index (χ2n) is 6.02. The predicted octanol–water partition coefficient (Wildman–Crippen LogP) is 3.43. The Morgan fingerprint density at radius 3 is 2.62 bits per heavy atom. The van der Waals surface area contributed by atoms with E-state index in [-0.39, 0.29) is 11.1 Å². The molecule has 1 aliphatic rings. The Hall–Kier alpha value is -3.67. The number of rotatable bonds is 3. The normalized spacial score (nSPS) is 14.0. The summed E-state index contributed by atoms with van der Waals surface area (Å²) in [6, 6.07) is 13.9. The van der Waals surface area contributed by atoms with Crippen LogP contribution in [0.25, 0.3) is 17.3 Å². The summed E-state index contributed by atoms with van der Waals surface area (Å²) in [6.07, 6.45) is 3.58. The second kappa shape index (κ2) is 6.00. The standard InChI is InChI=1S/C20H15N3O3/c1-12-17(10-14-11-21-18-5-3-2-4-16(14)18)19(24)23(22-12)15-8-6-13(7-9-15)20(25)26/h2-11,22H,1H3,(H,25,26). The molecule has 6 heteroatoms.